The van der Waals surface area contributed by atoms with Crippen LogP contribution in [-0.2, 0) is 19.5 Å². The first-order chi connectivity index (χ1) is 14.3. The van der Waals surface area contributed by atoms with Gasteiger partial charge in [0, 0.05) is 28.4 Å². The van der Waals surface area contributed by atoms with E-state index >= 15 is 0 Å². The Hall–Kier alpha value is -2.78. The number of aromatic amines is 1. The van der Waals surface area contributed by atoms with Crippen LogP contribution in [0.3, 0.4) is 0 Å². The summed E-state index contributed by atoms with van der Waals surface area (Å²) in [5.41, 5.74) is 1.06. The van der Waals surface area contributed by atoms with Gasteiger partial charge in [-0.05, 0) is 29.8 Å². The topological polar surface area (TPSA) is 68.5 Å². The molecule has 0 aliphatic carbocycles. The Kier molecular flexibility index (Phi) is 5.57. The number of benzene rings is 1. The van der Waals surface area contributed by atoms with Gasteiger partial charge in [0.2, 0.25) is 5.95 Å². The quantitative estimate of drug-likeness (QED) is 0.441. The molecule has 0 aliphatic rings. The van der Waals surface area contributed by atoms with E-state index in [0.717, 1.165) is 4.57 Å². The lowest BCUT2D eigenvalue weighted by atomic mass is 10.1. The number of fused-ring (bicyclic) bond motifs is 1. The molecule has 6 nitrogen and oxygen atoms in total. The molecule has 0 atom stereocenters. The van der Waals surface area contributed by atoms with Gasteiger partial charge in [-0.25, -0.2) is 18.6 Å². The normalized spacial score (nSPS) is 11.7. The second kappa shape index (κ2) is 8.16. The van der Waals surface area contributed by atoms with Crippen LogP contribution in [-0.4, -0.2) is 30.5 Å². The zero-order valence-corrected chi connectivity index (χ0v) is 16.8. The maximum absolute atomic E-state index is 13.3. The van der Waals surface area contributed by atoms with Gasteiger partial charge in [0.15, 0.2) is 5.65 Å². The molecule has 156 valence electrons. The molecule has 0 saturated heterocycles. The average Bonchev–Trinajstić information content (AvgIpc) is 3.19. The minimum Gasteiger partial charge on any atom is -0.339 e. The summed E-state index contributed by atoms with van der Waals surface area (Å²) < 4.78 is 41.7. The lowest BCUT2D eigenvalue weighted by Gasteiger charge is -2.08. The Balaban J connectivity index is 1.70. The van der Waals surface area contributed by atoms with Crippen LogP contribution >= 0.6 is 23.2 Å². The van der Waals surface area contributed by atoms with Gasteiger partial charge in [0.1, 0.15) is 5.82 Å². The van der Waals surface area contributed by atoms with Crippen molar-refractivity contribution in [3.8, 4) is 0 Å². The van der Waals surface area contributed by atoms with Crippen LogP contribution in [0.5, 0.6) is 0 Å². The van der Waals surface area contributed by atoms with Crippen LogP contribution in [0.2, 0.25) is 10.0 Å². The number of aromatic nitrogens is 5. The molecule has 1 aromatic carbocycles. The Morgan fingerprint density at radius 1 is 1.13 bits per heavy atom. The number of alkyl halides is 2. The van der Waals surface area contributed by atoms with Gasteiger partial charge in [0.05, 0.1) is 18.6 Å². The van der Waals surface area contributed by atoms with Gasteiger partial charge in [0.25, 0.3) is 6.43 Å². The molecule has 4 rings (SSSR count). The number of hydrogen-bond acceptors (Lipinski definition) is 3. The fourth-order valence-corrected chi connectivity index (χ4v) is 3.66. The van der Waals surface area contributed by atoms with Crippen LogP contribution in [0.25, 0.3) is 11.2 Å². The molecule has 0 fully saturated rings. The summed E-state index contributed by atoms with van der Waals surface area (Å²) >= 11 is 12.1. The highest BCUT2D eigenvalue weighted by Gasteiger charge is 2.18. The minimum absolute atomic E-state index is 0.0194. The molecule has 0 aliphatic heterocycles. The third-order valence-corrected chi connectivity index (χ3v) is 5.10. The monoisotopic (exact) mass is 455 g/mol. The molecule has 1 N–H and O–H groups in total. The third-order valence-electron chi connectivity index (χ3n) is 4.52. The minimum atomic E-state index is -2.71. The molecule has 11 heteroatoms. The first kappa shape index (κ1) is 20.5. The van der Waals surface area contributed by atoms with Crippen molar-refractivity contribution in [2.45, 2.75) is 25.9 Å². The molecule has 3 aromatic heterocycles. The number of imidazole rings is 2. The summed E-state index contributed by atoms with van der Waals surface area (Å²) in [4.78, 5) is 23.5. The van der Waals surface area contributed by atoms with Crippen LogP contribution in [0.15, 0.2) is 41.3 Å². The summed E-state index contributed by atoms with van der Waals surface area (Å²) in [6, 6.07) is 7.52. The van der Waals surface area contributed by atoms with Crippen molar-refractivity contribution < 1.29 is 13.2 Å². The van der Waals surface area contributed by atoms with E-state index in [9.17, 15) is 18.0 Å². The number of nitrogens with zero attached hydrogens (tertiary/aromatic N) is 4. The molecule has 4 aromatic rings. The van der Waals surface area contributed by atoms with Crippen LogP contribution in [0.4, 0.5) is 13.2 Å². The number of pyridine rings is 1. The second-order valence-corrected chi connectivity index (χ2v) is 7.48. The second-order valence-electron chi connectivity index (χ2n) is 6.63. The Labute approximate surface area is 177 Å². The van der Waals surface area contributed by atoms with Crippen LogP contribution in [0.1, 0.15) is 17.1 Å². The highest BCUT2D eigenvalue weighted by atomic mass is 35.5. The summed E-state index contributed by atoms with van der Waals surface area (Å²) in [6.45, 7) is -0.770. The fraction of sp³-hybridized carbons (Fsp3) is 0.211. The van der Waals surface area contributed by atoms with E-state index in [1.54, 1.807) is 18.2 Å². The Morgan fingerprint density at radius 3 is 2.67 bits per heavy atom. The van der Waals surface area contributed by atoms with E-state index in [1.165, 1.54) is 22.9 Å². The zero-order valence-electron chi connectivity index (χ0n) is 15.2. The number of halogens is 5. The van der Waals surface area contributed by atoms with Crippen molar-refractivity contribution in [3.05, 3.63) is 80.1 Å². The number of nitrogens with one attached hydrogen (secondary N) is 1. The van der Waals surface area contributed by atoms with Gasteiger partial charge in [-0.2, -0.15) is 9.37 Å². The van der Waals surface area contributed by atoms with Crippen molar-refractivity contribution in [1.29, 1.82) is 0 Å². The van der Waals surface area contributed by atoms with Crippen molar-refractivity contribution in [2.24, 2.45) is 0 Å². The van der Waals surface area contributed by atoms with Gasteiger partial charge < -0.3 is 4.98 Å². The summed E-state index contributed by atoms with van der Waals surface area (Å²) in [6.07, 6.45) is -1.06. The standard InChI is InChI=1S/C19H14Cl2F3N5O/c20-11-2-1-10(13(21)6-11)5-12-7-28(19(30)29(12)8-15(22)23)9-17-25-14-3-4-16(24)26-18(14)27-17/h1-4,6-7,15H,5,8-9H2,(H,25,26,27). The van der Waals surface area contributed by atoms with Crippen LogP contribution in [0, 0.1) is 5.95 Å². The van der Waals surface area contributed by atoms with Gasteiger partial charge in [-0.15, -0.1) is 0 Å². The van der Waals surface area contributed by atoms with E-state index in [0.29, 0.717) is 32.6 Å². The number of rotatable bonds is 6. The molecule has 0 bridgehead atoms. The number of H-pyrrole nitrogens is 1. The largest absolute Gasteiger partial charge is 0.339 e. The zero-order chi connectivity index (χ0) is 21.4. The van der Waals surface area contributed by atoms with Gasteiger partial charge in [-0.1, -0.05) is 29.3 Å². The molecule has 0 saturated carbocycles. The van der Waals surface area contributed by atoms with Crippen molar-refractivity contribution in [2.75, 3.05) is 0 Å². The van der Waals surface area contributed by atoms with Crippen LogP contribution < -0.4 is 5.69 Å². The molecular formula is C19H14Cl2F3N5O. The summed E-state index contributed by atoms with van der Waals surface area (Å²) in [5.74, 6) is -0.335. The Morgan fingerprint density at radius 2 is 1.93 bits per heavy atom. The Bertz CT molecular complexity index is 1280. The SMILES string of the molecule is O=c1n(Cc2nc3nc(F)ccc3[nH]2)cc(Cc2ccc(Cl)cc2Cl)n1CC(F)F. The van der Waals surface area contributed by atoms with Gasteiger partial charge in [-0.3, -0.25) is 9.13 Å². The van der Waals surface area contributed by atoms with Crippen molar-refractivity contribution in [1.82, 2.24) is 24.1 Å². The fourth-order valence-electron chi connectivity index (χ4n) is 3.19. The highest BCUT2D eigenvalue weighted by Crippen LogP contribution is 2.23. The maximum atomic E-state index is 13.3. The van der Waals surface area contributed by atoms with Crippen molar-refractivity contribution in [3.63, 3.8) is 0 Å². The molecule has 0 amide bonds. The molecule has 0 radical (unpaired) electrons. The lowest BCUT2D eigenvalue weighted by Crippen LogP contribution is -2.28. The van der Waals surface area contributed by atoms with Crippen molar-refractivity contribution >= 4 is 34.4 Å². The predicted octanol–water partition coefficient (Wildman–Crippen LogP) is 4.27. The van der Waals surface area contributed by atoms with E-state index in [1.807, 2.05) is 0 Å². The molecule has 0 spiro atoms. The first-order valence-corrected chi connectivity index (χ1v) is 9.58. The summed E-state index contributed by atoms with van der Waals surface area (Å²) in [7, 11) is 0. The van der Waals surface area contributed by atoms with E-state index in [-0.39, 0.29) is 18.6 Å². The molecule has 0 unspecified atom stereocenters. The third kappa shape index (κ3) is 4.22. The molecule has 30 heavy (non-hydrogen) atoms. The predicted molar refractivity (Wildman–Crippen MR) is 107 cm³/mol. The molecular weight excluding hydrogens is 442 g/mol. The van der Waals surface area contributed by atoms with E-state index in [4.69, 9.17) is 23.2 Å². The maximum Gasteiger partial charge on any atom is 0.328 e. The smallest absolute Gasteiger partial charge is 0.328 e. The molecule has 3 heterocycles. The average molecular weight is 456 g/mol. The van der Waals surface area contributed by atoms with Gasteiger partial charge >= 0.3 is 5.69 Å². The van der Waals surface area contributed by atoms with E-state index < -0.39 is 24.6 Å². The summed E-state index contributed by atoms with van der Waals surface area (Å²) in [5, 5.41) is 0.818. The first-order valence-electron chi connectivity index (χ1n) is 8.82. The lowest BCUT2D eigenvalue weighted by molar-refractivity contribution is 0.124. The number of hydrogen-bond donors (Lipinski definition) is 1. The van der Waals surface area contributed by atoms with E-state index in [2.05, 4.69) is 15.0 Å². The highest BCUT2D eigenvalue weighted by molar-refractivity contribution is 6.35.